The third-order valence-corrected chi connectivity index (χ3v) is 6.11. The Morgan fingerprint density at radius 2 is 1.71 bits per heavy atom. The van der Waals surface area contributed by atoms with E-state index in [9.17, 15) is 26.7 Å². The van der Waals surface area contributed by atoms with E-state index in [1.54, 1.807) is 11.4 Å². The lowest BCUT2D eigenvalue weighted by Gasteiger charge is -2.09. The topological polar surface area (TPSA) is 56.1 Å². The molecule has 0 atom stereocenters. The van der Waals surface area contributed by atoms with Crippen LogP contribution < -0.4 is 10.1 Å². The third-order valence-electron chi connectivity index (χ3n) is 5.13. The summed E-state index contributed by atoms with van der Waals surface area (Å²) < 4.78 is 74.6. The quantitative estimate of drug-likeness (QED) is 0.186. The number of carbonyl (C=O) groups excluding carboxylic acids is 1. The zero-order valence-electron chi connectivity index (χ0n) is 18.5. The lowest BCUT2D eigenvalue weighted by atomic mass is 10.1. The Hall–Kier alpha value is -3.73. The van der Waals surface area contributed by atoms with Gasteiger partial charge in [0.25, 0.3) is 5.91 Å². The van der Waals surface area contributed by atoms with Crippen LogP contribution >= 0.6 is 11.3 Å². The molecule has 1 amide bonds. The van der Waals surface area contributed by atoms with Crippen molar-refractivity contribution in [3.63, 3.8) is 0 Å². The largest absolute Gasteiger partial charge is 0.489 e. The first-order valence-corrected chi connectivity index (χ1v) is 11.1. The summed E-state index contributed by atoms with van der Waals surface area (Å²) in [6.07, 6.45) is 2.41. The van der Waals surface area contributed by atoms with Crippen LogP contribution in [0.25, 0.3) is 0 Å². The molecular formula is C24H18F5N3O2S. The Kier molecular flexibility index (Phi) is 6.88. The average Bonchev–Trinajstić information content (AvgIpc) is 3.49. The fourth-order valence-electron chi connectivity index (χ4n) is 3.25. The lowest BCUT2D eigenvalue weighted by molar-refractivity contribution is 0.103. The van der Waals surface area contributed by atoms with Crippen LogP contribution in [-0.2, 0) is 13.2 Å². The van der Waals surface area contributed by atoms with Crippen LogP contribution in [0.5, 0.6) is 5.75 Å². The van der Waals surface area contributed by atoms with Crippen molar-refractivity contribution in [2.45, 2.75) is 27.0 Å². The van der Waals surface area contributed by atoms with Crippen molar-refractivity contribution in [2.75, 3.05) is 5.32 Å². The van der Waals surface area contributed by atoms with Gasteiger partial charge in [-0.15, -0.1) is 11.3 Å². The normalized spacial score (nSPS) is 11.1. The van der Waals surface area contributed by atoms with Gasteiger partial charge in [-0.25, -0.2) is 22.0 Å². The summed E-state index contributed by atoms with van der Waals surface area (Å²) in [6, 6.07) is 7.55. The second-order valence-corrected chi connectivity index (χ2v) is 8.72. The number of thiophene rings is 1. The summed E-state index contributed by atoms with van der Waals surface area (Å²) in [5.41, 5.74) is 2.00. The van der Waals surface area contributed by atoms with Gasteiger partial charge in [0.05, 0.1) is 28.9 Å². The average molecular weight is 507 g/mol. The maximum Gasteiger partial charge on any atom is 0.265 e. The highest BCUT2D eigenvalue weighted by molar-refractivity contribution is 7.12. The molecule has 35 heavy (non-hydrogen) atoms. The number of nitrogens with one attached hydrogen (secondary N) is 1. The molecule has 2 heterocycles. The Morgan fingerprint density at radius 1 is 1.03 bits per heavy atom. The Balaban J connectivity index is 1.40. The van der Waals surface area contributed by atoms with E-state index in [2.05, 4.69) is 10.4 Å². The monoisotopic (exact) mass is 507 g/mol. The summed E-state index contributed by atoms with van der Waals surface area (Å²) in [6.45, 7) is 3.45. The van der Waals surface area contributed by atoms with E-state index in [0.717, 1.165) is 27.1 Å². The van der Waals surface area contributed by atoms with Crippen LogP contribution in [0, 0.1) is 42.9 Å². The smallest absolute Gasteiger partial charge is 0.265 e. The van der Waals surface area contributed by atoms with Crippen LogP contribution in [-0.4, -0.2) is 15.7 Å². The molecule has 0 saturated heterocycles. The zero-order valence-corrected chi connectivity index (χ0v) is 19.3. The summed E-state index contributed by atoms with van der Waals surface area (Å²) in [5, 5.41) is 8.18. The summed E-state index contributed by atoms with van der Waals surface area (Å²) >= 11 is 1.20. The first-order chi connectivity index (χ1) is 16.6. The predicted molar refractivity (Wildman–Crippen MR) is 120 cm³/mol. The van der Waals surface area contributed by atoms with Gasteiger partial charge in [-0.05, 0) is 42.5 Å². The van der Waals surface area contributed by atoms with Gasteiger partial charge in [0, 0.05) is 11.8 Å². The van der Waals surface area contributed by atoms with Crippen LogP contribution in [0.3, 0.4) is 0 Å². The molecule has 4 aromatic rings. The second-order valence-electron chi connectivity index (χ2n) is 7.81. The third kappa shape index (κ3) is 5.19. The van der Waals surface area contributed by atoms with Crippen molar-refractivity contribution < 1.29 is 31.5 Å². The number of ether oxygens (including phenoxy) is 1. The number of rotatable bonds is 7. The first kappa shape index (κ1) is 24.4. The van der Waals surface area contributed by atoms with Crippen LogP contribution in [0.1, 0.15) is 31.9 Å². The molecule has 0 unspecified atom stereocenters. The van der Waals surface area contributed by atoms with Crippen LogP contribution in [0.15, 0.2) is 42.0 Å². The minimum Gasteiger partial charge on any atom is -0.489 e. The van der Waals surface area contributed by atoms with Crippen molar-refractivity contribution in [2.24, 2.45) is 0 Å². The molecule has 0 saturated carbocycles. The standard InChI is InChI=1S/C24H18F5N3O2S/c1-12-3-4-13(2)17(5-12)34-10-14-6-18(35-11-14)24(33)31-15-7-30-32(8-15)9-16-19(25)21(27)23(29)22(28)20(16)26/h3-8,11H,9-10H2,1-2H3,(H,31,33). The summed E-state index contributed by atoms with van der Waals surface area (Å²) in [5.74, 6) is -9.86. The second kappa shape index (κ2) is 9.87. The molecule has 2 aromatic carbocycles. The highest BCUT2D eigenvalue weighted by atomic mass is 32.1. The number of hydrogen-bond acceptors (Lipinski definition) is 4. The molecule has 11 heteroatoms. The van der Waals surface area contributed by atoms with Gasteiger partial charge in [-0.2, -0.15) is 5.10 Å². The molecular weight excluding hydrogens is 489 g/mol. The molecule has 0 aliphatic heterocycles. The van der Waals surface area contributed by atoms with E-state index in [1.165, 1.54) is 23.7 Å². The minimum absolute atomic E-state index is 0.181. The van der Waals surface area contributed by atoms with E-state index < -0.39 is 47.1 Å². The van der Waals surface area contributed by atoms with E-state index >= 15 is 0 Å². The molecule has 0 spiro atoms. The minimum atomic E-state index is -2.23. The Bertz CT molecular complexity index is 1390. The van der Waals surface area contributed by atoms with Crippen molar-refractivity contribution in [1.82, 2.24) is 9.78 Å². The maximum absolute atomic E-state index is 13.9. The van der Waals surface area contributed by atoms with Gasteiger partial charge in [-0.1, -0.05) is 12.1 Å². The highest BCUT2D eigenvalue weighted by Gasteiger charge is 2.26. The molecule has 182 valence electrons. The number of nitrogens with zero attached hydrogens (tertiary/aromatic N) is 2. The lowest BCUT2D eigenvalue weighted by Crippen LogP contribution is -2.12. The molecule has 0 aliphatic carbocycles. The number of amides is 1. The van der Waals surface area contributed by atoms with E-state index in [0.29, 0.717) is 4.88 Å². The number of halogens is 5. The Labute approximate surface area is 200 Å². The summed E-state index contributed by atoms with van der Waals surface area (Å²) in [7, 11) is 0. The zero-order chi connectivity index (χ0) is 25.3. The SMILES string of the molecule is Cc1ccc(C)c(OCc2csc(C(=O)Nc3cnn(Cc4c(F)c(F)c(F)c(F)c4F)c3)c2)c1. The molecule has 0 fully saturated rings. The van der Waals surface area contributed by atoms with Gasteiger partial charge in [0.1, 0.15) is 12.4 Å². The van der Waals surface area contributed by atoms with E-state index in [1.807, 2.05) is 32.0 Å². The van der Waals surface area contributed by atoms with Crippen molar-refractivity contribution >= 4 is 22.9 Å². The van der Waals surface area contributed by atoms with Gasteiger partial charge in [0.2, 0.25) is 5.82 Å². The number of anilines is 1. The van der Waals surface area contributed by atoms with Crippen molar-refractivity contribution in [1.29, 1.82) is 0 Å². The number of hydrogen-bond donors (Lipinski definition) is 1. The molecule has 5 nitrogen and oxygen atoms in total. The van der Waals surface area contributed by atoms with Crippen molar-refractivity contribution in [3.8, 4) is 5.75 Å². The number of aryl methyl sites for hydroxylation is 2. The maximum atomic E-state index is 13.9. The molecule has 0 bridgehead atoms. The summed E-state index contributed by atoms with van der Waals surface area (Å²) in [4.78, 5) is 12.9. The predicted octanol–water partition coefficient (Wildman–Crippen LogP) is 6.14. The molecule has 4 rings (SSSR count). The molecule has 2 aromatic heterocycles. The highest BCUT2D eigenvalue weighted by Crippen LogP contribution is 2.25. The molecule has 1 N–H and O–H groups in total. The van der Waals surface area contributed by atoms with Gasteiger partial charge >= 0.3 is 0 Å². The Morgan fingerprint density at radius 3 is 2.43 bits per heavy atom. The fraction of sp³-hybridized carbons (Fsp3) is 0.167. The van der Waals surface area contributed by atoms with Crippen molar-refractivity contribution in [3.05, 3.63) is 98.3 Å². The van der Waals surface area contributed by atoms with Gasteiger partial charge in [-0.3, -0.25) is 9.48 Å². The van der Waals surface area contributed by atoms with Crippen LogP contribution in [0.4, 0.5) is 27.6 Å². The fourth-order valence-corrected chi connectivity index (χ4v) is 4.04. The van der Waals surface area contributed by atoms with Crippen LogP contribution in [0.2, 0.25) is 0 Å². The van der Waals surface area contributed by atoms with Gasteiger partial charge in [0.15, 0.2) is 23.3 Å². The number of carbonyl (C=O) groups is 1. The van der Waals surface area contributed by atoms with E-state index in [4.69, 9.17) is 4.74 Å². The van der Waals surface area contributed by atoms with Gasteiger partial charge < -0.3 is 10.1 Å². The molecule has 0 aliphatic rings. The number of aromatic nitrogens is 2. The molecule has 0 radical (unpaired) electrons. The van der Waals surface area contributed by atoms with E-state index in [-0.39, 0.29) is 12.3 Å². The number of benzene rings is 2. The first-order valence-electron chi connectivity index (χ1n) is 10.3.